The Balaban J connectivity index is 1.65. The number of phenols is 1. The number of ether oxygens (including phenoxy) is 3. The minimum Gasteiger partial charge on any atom is -0.506 e. The molecule has 1 saturated heterocycles. The third kappa shape index (κ3) is 3.53. The SMILES string of the molecule is C=C(C)C(O)Cc1c2c(c(O)c3c1O[C@@]14C(=C[C@H]5C[C@@H]1C(C)(C)O[C@]4(C/C=C(/C)C(=O)O)C5=O)C3=O)C=CC(C)(C)O2. The van der Waals surface area contributed by atoms with Crippen LogP contribution < -0.4 is 9.47 Å². The van der Waals surface area contributed by atoms with Gasteiger partial charge in [0.1, 0.15) is 28.4 Å². The van der Waals surface area contributed by atoms with Crippen LogP contribution in [0.5, 0.6) is 17.2 Å². The predicted octanol–water partition coefficient (Wildman–Crippen LogP) is 4.48. The molecule has 2 fully saturated rings. The highest BCUT2D eigenvalue weighted by Crippen LogP contribution is 2.68. The van der Waals surface area contributed by atoms with Crippen LogP contribution in [-0.4, -0.2) is 61.4 Å². The number of carbonyl (C=O) groups excluding carboxylic acids is 2. The van der Waals surface area contributed by atoms with E-state index in [2.05, 4.69) is 6.58 Å². The number of aliphatic carboxylic acids is 1. The van der Waals surface area contributed by atoms with Crippen LogP contribution in [0.3, 0.4) is 0 Å². The van der Waals surface area contributed by atoms with Gasteiger partial charge in [0.2, 0.25) is 0 Å². The minimum absolute atomic E-state index is 0.0247. The molecule has 5 atom stereocenters. The maximum atomic E-state index is 14.5. The van der Waals surface area contributed by atoms with Gasteiger partial charge in [-0.25, -0.2) is 4.79 Å². The van der Waals surface area contributed by atoms with Gasteiger partial charge in [0.05, 0.1) is 17.3 Å². The Morgan fingerprint density at radius 3 is 2.50 bits per heavy atom. The molecule has 0 amide bonds. The van der Waals surface area contributed by atoms with Crippen molar-refractivity contribution in [2.75, 3.05) is 0 Å². The van der Waals surface area contributed by atoms with E-state index < -0.39 is 52.1 Å². The van der Waals surface area contributed by atoms with Crippen LogP contribution in [-0.2, 0) is 20.7 Å². The summed E-state index contributed by atoms with van der Waals surface area (Å²) in [6.07, 6.45) is 5.78. The molecule has 3 aliphatic carbocycles. The van der Waals surface area contributed by atoms with E-state index in [0.29, 0.717) is 23.1 Å². The Bertz CT molecular complexity index is 1590. The number of carboxylic acids is 1. The van der Waals surface area contributed by atoms with Crippen LogP contribution >= 0.6 is 0 Å². The second-order valence-electron chi connectivity index (χ2n) is 13.3. The smallest absolute Gasteiger partial charge is 0.330 e. The average Bonchev–Trinajstić information content (AvgIpc) is 3.05. The monoisotopic (exact) mass is 576 g/mol. The van der Waals surface area contributed by atoms with Crippen molar-refractivity contribution in [2.45, 2.75) is 89.3 Å². The number of hydrogen-bond acceptors (Lipinski definition) is 8. The fourth-order valence-electron chi connectivity index (χ4n) is 7.51. The van der Waals surface area contributed by atoms with Gasteiger partial charge < -0.3 is 29.5 Å². The van der Waals surface area contributed by atoms with Gasteiger partial charge in [-0.2, -0.15) is 0 Å². The molecule has 1 aromatic rings. The number of Topliss-reactive ketones (excluding diaryl/α,β-unsaturated/α-hetero) is 2. The zero-order chi connectivity index (χ0) is 30.7. The normalized spacial score (nSPS) is 31.8. The number of hydrogen-bond donors (Lipinski definition) is 3. The van der Waals surface area contributed by atoms with E-state index in [9.17, 15) is 29.7 Å². The largest absolute Gasteiger partial charge is 0.506 e. The molecule has 42 heavy (non-hydrogen) atoms. The number of allylic oxidation sites excluding steroid dienone is 1. The lowest BCUT2D eigenvalue weighted by atomic mass is 9.51. The van der Waals surface area contributed by atoms with Gasteiger partial charge in [-0.1, -0.05) is 24.3 Å². The van der Waals surface area contributed by atoms with Crippen molar-refractivity contribution in [3.8, 4) is 17.2 Å². The third-order valence-electron chi connectivity index (χ3n) is 9.62. The lowest BCUT2D eigenvalue weighted by Gasteiger charge is -2.56. The van der Waals surface area contributed by atoms with Crippen molar-refractivity contribution in [1.29, 1.82) is 0 Å². The van der Waals surface area contributed by atoms with E-state index in [-0.39, 0.29) is 52.6 Å². The number of ketones is 2. The number of aliphatic hydroxyl groups excluding tert-OH is 1. The molecule has 3 N–H and O–H groups in total. The van der Waals surface area contributed by atoms with Crippen molar-refractivity contribution in [2.24, 2.45) is 11.8 Å². The predicted molar refractivity (Wildman–Crippen MR) is 153 cm³/mol. The van der Waals surface area contributed by atoms with E-state index >= 15 is 0 Å². The van der Waals surface area contributed by atoms with E-state index in [1.807, 2.05) is 27.7 Å². The van der Waals surface area contributed by atoms with Crippen LogP contribution in [0.4, 0.5) is 0 Å². The van der Waals surface area contributed by atoms with Crippen molar-refractivity contribution in [1.82, 2.24) is 0 Å². The summed E-state index contributed by atoms with van der Waals surface area (Å²) in [6, 6.07) is 0. The van der Waals surface area contributed by atoms with Crippen LogP contribution in [0.25, 0.3) is 6.08 Å². The van der Waals surface area contributed by atoms with Gasteiger partial charge in [-0.05, 0) is 60.1 Å². The number of rotatable bonds is 6. The molecular weight excluding hydrogens is 540 g/mol. The molecule has 222 valence electrons. The Morgan fingerprint density at radius 2 is 1.86 bits per heavy atom. The van der Waals surface area contributed by atoms with Crippen molar-refractivity contribution < 1.29 is 43.9 Å². The number of benzene rings is 1. The molecule has 9 nitrogen and oxygen atoms in total. The second kappa shape index (κ2) is 8.67. The molecule has 1 unspecified atom stereocenters. The van der Waals surface area contributed by atoms with Crippen molar-refractivity contribution in [3.05, 3.63) is 58.2 Å². The summed E-state index contributed by atoms with van der Waals surface area (Å²) in [7, 11) is 0. The summed E-state index contributed by atoms with van der Waals surface area (Å²) in [5, 5.41) is 32.1. The number of phenolic OH excluding ortho intramolecular Hbond substituents is 1. The first kappa shape index (κ1) is 28.4. The van der Waals surface area contributed by atoms with Crippen LogP contribution in [0.15, 0.2) is 41.5 Å². The van der Waals surface area contributed by atoms with E-state index in [4.69, 9.17) is 14.2 Å². The molecule has 0 aromatic heterocycles. The van der Waals surface area contributed by atoms with Gasteiger partial charge >= 0.3 is 5.97 Å². The molecule has 3 aliphatic heterocycles. The molecule has 7 rings (SSSR count). The molecule has 1 spiro atoms. The van der Waals surface area contributed by atoms with Gasteiger partial charge in [0, 0.05) is 41.4 Å². The third-order valence-corrected chi connectivity index (χ3v) is 9.62. The highest BCUT2D eigenvalue weighted by Gasteiger charge is 2.81. The molecule has 0 radical (unpaired) electrons. The van der Waals surface area contributed by atoms with E-state index in [0.717, 1.165) is 0 Å². The van der Waals surface area contributed by atoms with Gasteiger partial charge in [-0.3, -0.25) is 9.59 Å². The van der Waals surface area contributed by atoms with Crippen LogP contribution in [0.1, 0.15) is 75.9 Å². The Kier molecular flexibility index (Phi) is 5.87. The fraction of sp³-hybridized carbons (Fsp3) is 0.485. The van der Waals surface area contributed by atoms with Gasteiger partial charge in [0.25, 0.3) is 0 Å². The molecule has 3 heterocycles. The zero-order valence-corrected chi connectivity index (χ0v) is 24.7. The summed E-state index contributed by atoms with van der Waals surface area (Å²) in [5.41, 5.74) is -3.59. The summed E-state index contributed by atoms with van der Waals surface area (Å²) >= 11 is 0. The quantitative estimate of drug-likeness (QED) is 0.330. The number of carboxylic acid groups (broad SMARTS) is 1. The topological polar surface area (TPSA) is 140 Å². The highest BCUT2D eigenvalue weighted by atomic mass is 16.6. The van der Waals surface area contributed by atoms with Crippen LogP contribution in [0, 0.1) is 11.8 Å². The average molecular weight is 577 g/mol. The summed E-state index contributed by atoms with van der Waals surface area (Å²) in [6.45, 7) is 14.4. The lowest BCUT2D eigenvalue weighted by molar-refractivity contribution is -0.171. The van der Waals surface area contributed by atoms with Crippen molar-refractivity contribution >= 4 is 23.6 Å². The molecule has 1 saturated carbocycles. The number of aliphatic hydroxyl groups is 1. The molecule has 4 bridgehead atoms. The molecular formula is C33H36O9. The lowest BCUT2D eigenvalue weighted by Crippen LogP contribution is -2.72. The van der Waals surface area contributed by atoms with Gasteiger partial charge in [-0.15, -0.1) is 0 Å². The van der Waals surface area contributed by atoms with E-state index in [1.54, 1.807) is 25.2 Å². The first-order valence-corrected chi connectivity index (χ1v) is 14.2. The Hall–Kier alpha value is -3.69. The first-order chi connectivity index (χ1) is 19.5. The maximum absolute atomic E-state index is 14.5. The number of aromatic hydroxyl groups is 1. The minimum atomic E-state index is -1.69. The highest BCUT2D eigenvalue weighted by molar-refractivity contribution is 6.19. The molecule has 1 aromatic carbocycles. The molecule has 6 aliphatic rings. The maximum Gasteiger partial charge on any atom is 0.330 e. The number of fused-ring (bicyclic) bond motifs is 2. The van der Waals surface area contributed by atoms with Crippen LogP contribution in [0.2, 0.25) is 0 Å². The number of carbonyl (C=O) groups is 3. The standard InChI is InChI=1S/C33H36O9/c1-15(2)21(34)14-19-26-18(9-10-30(4,5)40-26)24(35)23-25(36)20-12-17-13-22-31(6,7)42-32(28(17)37,11-8-16(3)29(38)39)33(20,22)41-27(19)23/h8-10,12,17,21-22,34-35H,1,11,13-14H2,2-7H3,(H,38,39)/b16-8-/t17-,21?,22+,32+,33-/m0/s1. The zero-order valence-electron chi connectivity index (χ0n) is 24.7. The summed E-state index contributed by atoms with van der Waals surface area (Å²) in [4.78, 5) is 40.4. The van der Waals surface area contributed by atoms with E-state index in [1.165, 1.54) is 13.0 Å². The second-order valence-corrected chi connectivity index (χ2v) is 13.3. The first-order valence-electron chi connectivity index (χ1n) is 14.2. The molecule has 9 heteroatoms. The summed E-state index contributed by atoms with van der Waals surface area (Å²) in [5.74, 6) is -2.98. The Morgan fingerprint density at radius 1 is 1.17 bits per heavy atom. The van der Waals surface area contributed by atoms with Gasteiger partial charge in [0.15, 0.2) is 22.8 Å². The summed E-state index contributed by atoms with van der Waals surface area (Å²) < 4.78 is 19.9. The van der Waals surface area contributed by atoms with Crippen molar-refractivity contribution in [3.63, 3.8) is 0 Å². The fourth-order valence-corrected chi connectivity index (χ4v) is 7.51. The Labute approximate surface area is 244 Å².